The van der Waals surface area contributed by atoms with Gasteiger partial charge in [0.25, 0.3) is 0 Å². The van der Waals surface area contributed by atoms with Gasteiger partial charge in [0.2, 0.25) is 5.91 Å². The van der Waals surface area contributed by atoms with E-state index in [1.165, 1.54) is 0 Å². The smallest absolute Gasteiger partial charge is 0.238 e. The molecule has 1 spiro atoms. The molecule has 4 atom stereocenters. The highest BCUT2D eigenvalue weighted by atomic mass is 16.5. The molecule has 3 heterocycles. The van der Waals surface area contributed by atoms with Crippen molar-refractivity contribution in [3.63, 3.8) is 0 Å². The van der Waals surface area contributed by atoms with E-state index in [9.17, 15) is 14.4 Å². The number of allylic oxidation sites excluding steroid dienone is 1. The lowest BCUT2D eigenvalue weighted by Gasteiger charge is -2.39. The van der Waals surface area contributed by atoms with E-state index < -0.39 is 23.4 Å². The van der Waals surface area contributed by atoms with Gasteiger partial charge < -0.3 is 19.7 Å². The topological polar surface area (TPSA) is 84.9 Å². The summed E-state index contributed by atoms with van der Waals surface area (Å²) in [5.41, 5.74) is 4.67. The lowest BCUT2D eigenvalue weighted by molar-refractivity contribution is -0.121. The summed E-state index contributed by atoms with van der Waals surface area (Å²) < 4.78 is 10.8. The summed E-state index contributed by atoms with van der Waals surface area (Å²) in [5.74, 6) is -0.742. The number of nitrogens with one attached hydrogen (secondary N) is 1. The average Bonchev–Trinajstić information content (AvgIpc) is 3.52. The normalized spacial score (nSPS) is 22.9. The molecular formula is C37H32N2O5. The number of aryl methyl sites for hydroxylation is 1. The molecule has 1 saturated heterocycles. The van der Waals surface area contributed by atoms with Crippen molar-refractivity contribution in [2.75, 3.05) is 24.4 Å². The fourth-order valence-electron chi connectivity index (χ4n) is 7.43. The number of carbonyl (C=O) groups excluding carboxylic acids is 3. The second-order valence-corrected chi connectivity index (χ2v) is 11.7. The van der Waals surface area contributed by atoms with E-state index in [4.69, 9.17) is 9.47 Å². The molecule has 0 aromatic heterocycles. The van der Waals surface area contributed by atoms with Crippen molar-refractivity contribution in [3.05, 3.63) is 125 Å². The van der Waals surface area contributed by atoms with E-state index in [2.05, 4.69) is 17.5 Å². The summed E-state index contributed by atoms with van der Waals surface area (Å²) in [4.78, 5) is 46.5. The Kier molecular flexibility index (Phi) is 6.43. The number of fused-ring (bicyclic) bond motifs is 6. The van der Waals surface area contributed by atoms with Crippen molar-refractivity contribution in [1.29, 1.82) is 0 Å². The van der Waals surface area contributed by atoms with Gasteiger partial charge in [0.05, 0.1) is 26.2 Å². The van der Waals surface area contributed by atoms with Gasteiger partial charge in [-0.2, -0.15) is 0 Å². The van der Waals surface area contributed by atoms with Gasteiger partial charge in [-0.15, -0.1) is 0 Å². The minimum Gasteiger partial charge on any atom is -0.497 e. The molecule has 0 bridgehead atoms. The van der Waals surface area contributed by atoms with Crippen LogP contribution in [-0.2, 0) is 10.2 Å². The summed E-state index contributed by atoms with van der Waals surface area (Å²) in [7, 11) is 3.12. The molecule has 1 amide bonds. The first-order valence-corrected chi connectivity index (χ1v) is 14.6. The Morgan fingerprint density at radius 1 is 0.795 bits per heavy atom. The van der Waals surface area contributed by atoms with Gasteiger partial charge in [-0.05, 0) is 79.6 Å². The van der Waals surface area contributed by atoms with Crippen molar-refractivity contribution in [3.8, 4) is 11.5 Å². The van der Waals surface area contributed by atoms with E-state index >= 15 is 0 Å². The average molecular weight is 585 g/mol. The second kappa shape index (κ2) is 10.2. The van der Waals surface area contributed by atoms with Crippen LogP contribution in [0.4, 0.5) is 11.4 Å². The highest BCUT2D eigenvalue weighted by molar-refractivity contribution is 6.18. The van der Waals surface area contributed by atoms with Gasteiger partial charge in [-0.1, -0.05) is 48.0 Å². The SMILES string of the molecule is COc1ccc(C(=O)[C@@H]2[C@H](C(=O)c3cccc(OC)c3)N3c4ccc(C)cc4C(C)=C[C@H]3[C@]23C(=O)Nc2ccccc23)cc1. The minimum absolute atomic E-state index is 0.255. The molecule has 220 valence electrons. The number of ether oxygens (including phenoxy) is 2. The summed E-state index contributed by atoms with van der Waals surface area (Å²) in [6.45, 7) is 4.06. The number of nitrogens with zero attached hydrogens (tertiary/aromatic N) is 1. The Hall–Kier alpha value is -5.17. The molecule has 0 radical (unpaired) electrons. The van der Waals surface area contributed by atoms with E-state index in [0.29, 0.717) is 33.9 Å². The van der Waals surface area contributed by atoms with Crippen molar-refractivity contribution >= 4 is 34.4 Å². The van der Waals surface area contributed by atoms with Crippen LogP contribution in [0.2, 0.25) is 0 Å². The molecule has 1 fully saturated rings. The number of anilines is 2. The molecule has 7 rings (SSSR count). The molecular weight excluding hydrogens is 552 g/mol. The number of hydrogen-bond donors (Lipinski definition) is 1. The zero-order valence-electron chi connectivity index (χ0n) is 25.0. The number of ketones is 2. The maximum atomic E-state index is 15.0. The zero-order valence-corrected chi connectivity index (χ0v) is 25.0. The van der Waals surface area contributed by atoms with Crippen molar-refractivity contribution in [2.24, 2.45) is 5.92 Å². The molecule has 7 nitrogen and oxygen atoms in total. The first-order valence-electron chi connectivity index (χ1n) is 14.6. The third-order valence-electron chi connectivity index (χ3n) is 9.41. The van der Waals surface area contributed by atoms with Crippen LogP contribution < -0.4 is 19.7 Å². The van der Waals surface area contributed by atoms with E-state index in [1.54, 1.807) is 62.8 Å². The van der Waals surface area contributed by atoms with Crippen molar-refractivity contribution in [2.45, 2.75) is 31.3 Å². The summed E-state index contributed by atoms with van der Waals surface area (Å²) >= 11 is 0. The molecule has 0 saturated carbocycles. The predicted octanol–water partition coefficient (Wildman–Crippen LogP) is 6.26. The summed E-state index contributed by atoms with van der Waals surface area (Å²) in [5, 5.41) is 3.08. The van der Waals surface area contributed by atoms with Gasteiger partial charge in [0, 0.05) is 28.1 Å². The number of rotatable bonds is 6. The predicted molar refractivity (Wildman–Crippen MR) is 170 cm³/mol. The number of hydrogen-bond acceptors (Lipinski definition) is 6. The van der Waals surface area contributed by atoms with Gasteiger partial charge in [0.1, 0.15) is 23.0 Å². The van der Waals surface area contributed by atoms with Crippen LogP contribution in [0.3, 0.4) is 0 Å². The Balaban J connectivity index is 1.54. The standard InChI is InChI=1S/C37H32N2O5/c1-21-12-17-30-27(18-21)22(2)19-31-37(28-10-5-6-11-29(28)38-36(37)42)32(34(40)23-13-15-25(43-3)16-14-23)33(39(30)31)35(41)24-8-7-9-26(20-24)44-4/h5-20,31-33H,1-4H3,(H,38,42)/t31-,32-,33+,37-/m0/s1. The minimum atomic E-state index is -1.38. The first kappa shape index (κ1) is 27.7. The van der Waals surface area contributed by atoms with Crippen LogP contribution in [0.15, 0.2) is 97.1 Å². The van der Waals surface area contributed by atoms with Crippen LogP contribution in [-0.4, -0.2) is 43.8 Å². The van der Waals surface area contributed by atoms with Crippen LogP contribution in [0, 0.1) is 12.8 Å². The Morgan fingerprint density at radius 3 is 2.30 bits per heavy atom. The van der Waals surface area contributed by atoms with Gasteiger partial charge in [0.15, 0.2) is 11.6 Å². The number of para-hydroxylation sites is 1. The van der Waals surface area contributed by atoms with Gasteiger partial charge in [-0.25, -0.2) is 0 Å². The van der Waals surface area contributed by atoms with Crippen molar-refractivity contribution < 1.29 is 23.9 Å². The Morgan fingerprint density at radius 2 is 1.55 bits per heavy atom. The highest BCUT2D eigenvalue weighted by Gasteiger charge is 2.70. The lowest BCUT2D eigenvalue weighted by atomic mass is 9.64. The number of amides is 1. The van der Waals surface area contributed by atoms with Crippen LogP contribution in [0.1, 0.15) is 44.3 Å². The summed E-state index contributed by atoms with van der Waals surface area (Å²) in [6, 6.07) is 25.9. The third kappa shape index (κ3) is 3.85. The van der Waals surface area contributed by atoms with Gasteiger partial charge in [-0.3, -0.25) is 14.4 Å². The molecule has 1 N–H and O–H groups in total. The molecule has 4 aromatic rings. The summed E-state index contributed by atoms with van der Waals surface area (Å²) in [6.07, 6.45) is 2.07. The zero-order chi connectivity index (χ0) is 30.7. The quantitative estimate of drug-likeness (QED) is 0.270. The fourth-order valence-corrected chi connectivity index (χ4v) is 7.43. The van der Waals surface area contributed by atoms with E-state index in [-0.39, 0.29) is 17.5 Å². The van der Waals surface area contributed by atoms with Gasteiger partial charge >= 0.3 is 0 Å². The van der Waals surface area contributed by atoms with E-state index in [1.807, 2.05) is 55.1 Å². The van der Waals surface area contributed by atoms with Crippen LogP contribution in [0.25, 0.3) is 5.57 Å². The Bertz CT molecular complexity index is 1880. The monoisotopic (exact) mass is 584 g/mol. The third-order valence-corrected chi connectivity index (χ3v) is 9.41. The number of carbonyl (C=O) groups is 3. The number of benzene rings is 4. The second-order valence-electron chi connectivity index (χ2n) is 11.7. The molecule has 3 aliphatic rings. The maximum Gasteiger partial charge on any atom is 0.238 e. The number of Topliss-reactive ketones (excluding diaryl/α,β-unsaturated/α-hetero) is 2. The maximum absolute atomic E-state index is 15.0. The highest BCUT2D eigenvalue weighted by Crippen LogP contribution is 2.59. The van der Waals surface area contributed by atoms with E-state index in [0.717, 1.165) is 22.4 Å². The van der Waals surface area contributed by atoms with Crippen LogP contribution >= 0.6 is 0 Å². The number of methoxy groups -OCH3 is 2. The van der Waals surface area contributed by atoms with Crippen molar-refractivity contribution in [1.82, 2.24) is 0 Å². The molecule has 3 aliphatic heterocycles. The fraction of sp³-hybridized carbons (Fsp3) is 0.216. The molecule has 0 unspecified atom stereocenters. The molecule has 44 heavy (non-hydrogen) atoms. The first-order chi connectivity index (χ1) is 21.3. The molecule has 4 aromatic carbocycles. The molecule has 0 aliphatic carbocycles. The largest absolute Gasteiger partial charge is 0.497 e. The lowest BCUT2D eigenvalue weighted by Crippen LogP contribution is -2.51. The van der Waals surface area contributed by atoms with Crippen LogP contribution in [0.5, 0.6) is 11.5 Å². The molecule has 7 heteroatoms. The Labute approximate surface area is 256 Å².